The van der Waals surface area contributed by atoms with Gasteiger partial charge in [0.1, 0.15) is 30.5 Å². The van der Waals surface area contributed by atoms with Crippen LogP contribution in [0.5, 0.6) is 11.5 Å². The van der Waals surface area contributed by atoms with Gasteiger partial charge in [-0.1, -0.05) is 48.0 Å². The van der Waals surface area contributed by atoms with Gasteiger partial charge in [-0.05, 0) is 54.4 Å². The molecule has 0 spiro atoms. The molecule has 4 aromatic rings. The van der Waals surface area contributed by atoms with Crippen LogP contribution in [0.4, 0.5) is 11.6 Å². The summed E-state index contributed by atoms with van der Waals surface area (Å²) in [4.78, 5) is 17.8. The number of para-hydroxylation sites is 2. The Hall–Kier alpha value is -4.30. The molecule has 0 bridgehead atoms. The summed E-state index contributed by atoms with van der Waals surface area (Å²) < 4.78 is 13.0. The van der Waals surface area contributed by atoms with Crippen LogP contribution >= 0.6 is 11.6 Å². The zero-order valence-corrected chi connectivity index (χ0v) is 20.5. The van der Waals surface area contributed by atoms with Crippen LogP contribution < -0.4 is 20.1 Å². The number of nitrogens with zero attached hydrogens (tertiary/aromatic N) is 3. The number of fused-ring (bicyclic) bond motifs is 1. The number of nitrogens with one attached hydrogen (secondary N) is 2. The lowest BCUT2D eigenvalue weighted by molar-refractivity contribution is -0.113. The number of allylic oxidation sites excluding steroid dienone is 1. The molecule has 1 amide bonds. The SMILES string of the molecule is COc1ccccc1NC(=O)C1=C(C)Nc2ncnn2C1c1ccc(OCc2ccc(Cl)cc2)cc1. The average Bonchev–Trinajstić information content (AvgIpc) is 3.36. The molecular weight excluding hydrogens is 478 g/mol. The molecule has 0 fully saturated rings. The van der Waals surface area contributed by atoms with E-state index in [1.807, 2.05) is 67.6 Å². The van der Waals surface area contributed by atoms with Crippen molar-refractivity contribution in [3.8, 4) is 11.5 Å². The van der Waals surface area contributed by atoms with Crippen LogP contribution in [0.15, 0.2) is 90.4 Å². The fourth-order valence-corrected chi connectivity index (χ4v) is 4.25. The van der Waals surface area contributed by atoms with E-state index in [2.05, 4.69) is 20.7 Å². The molecule has 0 aliphatic carbocycles. The van der Waals surface area contributed by atoms with Crippen LogP contribution in [0.2, 0.25) is 5.02 Å². The molecular formula is C27H24ClN5O3. The van der Waals surface area contributed by atoms with E-state index in [0.29, 0.717) is 46.0 Å². The highest BCUT2D eigenvalue weighted by Gasteiger charge is 2.33. The predicted molar refractivity (Wildman–Crippen MR) is 138 cm³/mol. The number of anilines is 2. The zero-order valence-electron chi connectivity index (χ0n) is 19.7. The summed E-state index contributed by atoms with van der Waals surface area (Å²) in [6.45, 7) is 2.27. The predicted octanol–water partition coefficient (Wildman–Crippen LogP) is 5.45. The minimum atomic E-state index is -0.483. The second kappa shape index (κ2) is 10.1. The maximum absolute atomic E-state index is 13.6. The van der Waals surface area contributed by atoms with Crippen molar-refractivity contribution in [2.75, 3.05) is 17.7 Å². The quantitative estimate of drug-likeness (QED) is 0.350. The Labute approximate surface area is 213 Å². The van der Waals surface area contributed by atoms with Gasteiger partial charge < -0.3 is 20.1 Å². The highest BCUT2D eigenvalue weighted by atomic mass is 35.5. The molecule has 1 atom stereocenters. The lowest BCUT2D eigenvalue weighted by atomic mass is 9.95. The third-order valence-electron chi connectivity index (χ3n) is 5.91. The molecule has 9 heteroatoms. The van der Waals surface area contributed by atoms with E-state index in [1.54, 1.807) is 23.9 Å². The number of carbonyl (C=O) groups excluding carboxylic acids is 1. The monoisotopic (exact) mass is 501 g/mol. The minimum absolute atomic E-state index is 0.265. The Morgan fingerprint density at radius 3 is 2.58 bits per heavy atom. The lowest BCUT2D eigenvalue weighted by Gasteiger charge is -2.29. The van der Waals surface area contributed by atoms with Crippen molar-refractivity contribution in [3.05, 3.63) is 107 Å². The molecule has 1 aliphatic rings. The van der Waals surface area contributed by atoms with Crippen molar-refractivity contribution < 1.29 is 14.3 Å². The zero-order chi connectivity index (χ0) is 25.1. The first-order valence-corrected chi connectivity index (χ1v) is 11.7. The molecule has 8 nitrogen and oxygen atoms in total. The fraction of sp³-hybridized carbons (Fsp3) is 0.148. The Bertz CT molecular complexity index is 1410. The van der Waals surface area contributed by atoms with Crippen molar-refractivity contribution in [1.82, 2.24) is 14.8 Å². The number of aromatic nitrogens is 3. The maximum atomic E-state index is 13.6. The molecule has 2 N–H and O–H groups in total. The van der Waals surface area contributed by atoms with Crippen LogP contribution in [0, 0.1) is 0 Å². The van der Waals surface area contributed by atoms with Crippen molar-refractivity contribution in [2.24, 2.45) is 0 Å². The van der Waals surface area contributed by atoms with Gasteiger partial charge in [0.15, 0.2) is 0 Å². The maximum Gasteiger partial charge on any atom is 0.255 e. The molecule has 0 saturated carbocycles. The van der Waals surface area contributed by atoms with Gasteiger partial charge in [0, 0.05) is 10.7 Å². The van der Waals surface area contributed by atoms with Gasteiger partial charge in [-0.3, -0.25) is 4.79 Å². The van der Waals surface area contributed by atoms with Crippen LogP contribution in [0.3, 0.4) is 0 Å². The molecule has 2 heterocycles. The van der Waals surface area contributed by atoms with E-state index >= 15 is 0 Å². The molecule has 3 aromatic carbocycles. The molecule has 182 valence electrons. The number of rotatable bonds is 7. The number of halogens is 1. The highest BCUT2D eigenvalue weighted by Crippen LogP contribution is 2.36. The van der Waals surface area contributed by atoms with E-state index in [1.165, 1.54) is 6.33 Å². The smallest absolute Gasteiger partial charge is 0.255 e. The summed E-state index contributed by atoms with van der Waals surface area (Å²) in [5.41, 5.74) is 3.68. The van der Waals surface area contributed by atoms with Gasteiger partial charge in [0.2, 0.25) is 5.95 Å². The molecule has 1 aliphatic heterocycles. The Morgan fingerprint density at radius 2 is 1.83 bits per heavy atom. The van der Waals surface area contributed by atoms with Gasteiger partial charge in [-0.15, -0.1) is 0 Å². The van der Waals surface area contributed by atoms with E-state index in [-0.39, 0.29) is 5.91 Å². The Morgan fingerprint density at radius 1 is 1.08 bits per heavy atom. The van der Waals surface area contributed by atoms with Crippen LogP contribution in [-0.4, -0.2) is 27.8 Å². The molecule has 1 unspecified atom stereocenters. The fourth-order valence-electron chi connectivity index (χ4n) is 4.12. The lowest BCUT2D eigenvalue weighted by Crippen LogP contribution is -2.31. The van der Waals surface area contributed by atoms with Gasteiger partial charge in [-0.2, -0.15) is 10.1 Å². The summed E-state index contributed by atoms with van der Waals surface area (Å²) in [6, 6.07) is 22.0. The number of benzene rings is 3. The normalized spacial score (nSPS) is 14.6. The van der Waals surface area contributed by atoms with E-state index < -0.39 is 6.04 Å². The van der Waals surface area contributed by atoms with Gasteiger partial charge in [-0.25, -0.2) is 4.68 Å². The summed E-state index contributed by atoms with van der Waals surface area (Å²) >= 11 is 5.96. The van der Waals surface area contributed by atoms with E-state index in [9.17, 15) is 4.79 Å². The van der Waals surface area contributed by atoms with E-state index in [4.69, 9.17) is 21.1 Å². The number of ether oxygens (including phenoxy) is 2. The number of hydrogen-bond donors (Lipinski definition) is 2. The van der Waals surface area contributed by atoms with Crippen molar-refractivity contribution in [1.29, 1.82) is 0 Å². The van der Waals surface area contributed by atoms with Crippen LogP contribution in [-0.2, 0) is 11.4 Å². The number of hydrogen-bond acceptors (Lipinski definition) is 6. The number of methoxy groups -OCH3 is 1. The average molecular weight is 502 g/mol. The molecule has 0 saturated heterocycles. The second-order valence-corrected chi connectivity index (χ2v) is 8.67. The largest absolute Gasteiger partial charge is 0.495 e. The topological polar surface area (TPSA) is 90.3 Å². The van der Waals surface area contributed by atoms with Crippen molar-refractivity contribution >= 4 is 29.1 Å². The summed E-state index contributed by atoms with van der Waals surface area (Å²) in [6.07, 6.45) is 1.47. The first-order chi connectivity index (χ1) is 17.5. The summed E-state index contributed by atoms with van der Waals surface area (Å²) in [5, 5.41) is 11.2. The summed E-state index contributed by atoms with van der Waals surface area (Å²) in [7, 11) is 1.57. The third-order valence-corrected chi connectivity index (χ3v) is 6.16. The second-order valence-electron chi connectivity index (χ2n) is 8.23. The molecule has 1 aromatic heterocycles. The van der Waals surface area contributed by atoms with Gasteiger partial charge >= 0.3 is 0 Å². The van der Waals surface area contributed by atoms with Crippen molar-refractivity contribution in [3.63, 3.8) is 0 Å². The Balaban J connectivity index is 1.41. The number of carbonyl (C=O) groups is 1. The molecule has 36 heavy (non-hydrogen) atoms. The summed E-state index contributed by atoms with van der Waals surface area (Å²) in [5.74, 6) is 1.59. The van der Waals surface area contributed by atoms with Gasteiger partial charge in [0.25, 0.3) is 5.91 Å². The highest BCUT2D eigenvalue weighted by molar-refractivity contribution is 6.30. The first-order valence-electron chi connectivity index (χ1n) is 11.3. The number of amides is 1. The van der Waals surface area contributed by atoms with Crippen molar-refractivity contribution in [2.45, 2.75) is 19.6 Å². The van der Waals surface area contributed by atoms with E-state index in [0.717, 1.165) is 11.1 Å². The molecule has 5 rings (SSSR count). The Kier molecular flexibility index (Phi) is 6.60. The first kappa shape index (κ1) is 23.4. The third kappa shape index (κ3) is 4.76. The van der Waals surface area contributed by atoms with Crippen LogP contribution in [0.25, 0.3) is 0 Å². The minimum Gasteiger partial charge on any atom is -0.495 e. The van der Waals surface area contributed by atoms with Gasteiger partial charge in [0.05, 0.1) is 18.4 Å². The van der Waals surface area contributed by atoms with Crippen LogP contribution in [0.1, 0.15) is 24.1 Å². The standard InChI is InChI=1S/C27H24ClN5O3/c1-17-24(26(34)32-22-5-3-4-6-23(22)35-2)25(33-27(31-17)29-16-30-33)19-9-13-21(14-10-19)36-15-18-7-11-20(28)12-8-18/h3-14,16,25H,15H2,1-2H3,(H,32,34)(H,29,30,31). The molecule has 0 radical (unpaired) electrons.